The molecule has 0 N–H and O–H groups in total. The zero-order chi connectivity index (χ0) is 15.3. The summed E-state index contributed by atoms with van der Waals surface area (Å²) in [7, 11) is 0. The minimum Gasteiger partial charge on any atom is -0.465 e. The Morgan fingerprint density at radius 3 is 2.76 bits per heavy atom. The second kappa shape index (κ2) is 7.29. The molecule has 5 nitrogen and oxygen atoms in total. The molecule has 6 heteroatoms. The van der Waals surface area contributed by atoms with Crippen LogP contribution >= 0.6 is 11.8 Å². The number of carbonyl (C=O) groups excluding carboxylic acids is 1. The maximum Gasteiger partial charge on any atom is 0.321 e. The zero-order valence-electron chi connectivity index (χ0n) is 13.1. The highest BCUT2D eigenvalue weighted by molar-refractivity contribution is 7.99. The molecule has 1 aromatic heterocycles. The smallest absolute Gasteiger partial charge is 0.321 e. The Hall–Kier alpha value is -1.04. The highest BCUT2D eigenvalue weighted by atomic mass is 32.2. The molecule has 1 unspecified atom stereocenters. The molecule has 0 spiro atoms. The van der Waals surface area contributed by atoms with Crippen LogP contribution in [0.3, 0.4) is 0 Å². The summed E-state index contributed by atoms with van der Waals surface area (Å²) in [6, 6.07) is 0. The van der Waals surface area contributed by atoms with Crippen LogP contribution in [0.15, 0.2) is 4.52 Å². The maximum atomic E-state index is 12.3. The summed E-state index contributed by atoms with van der Waals surface area (Å²) < 4.78 is 10.6. The second-order valence-corrected chi connectivity index (χ2v) is 6.98. The number of rotatable bonds is 7. The van der Waals surface area contributed by atoms with E-state index >= 15 is 0 Å². The van der Waals surface area contributed by atoms with Gasteiger partial charge in [-0.2, -0.15) is 16.7 Å². The fourth-order valence-electron chi connectivity index (χ4n) is 2.59. The van der Waals surface area contributed by atoms with Crippen LogP contribution in [-0.4, -0.2) is 28.0 Å². The lowest BCUT2D eigenvalue weighted by Crippen LogP contribution is -2.35. The lowest BCUT2D eigenvalue weighted by atomic mass is 9.86. The Bertz CT molecular complexity index is 469. The van der Waals surface area contributed by atoms with Gasteiger partial charge < -0.3 is 9.26 Å². The first-order chi connectivity index (χ1) is 10.1. The molecular weight excluding hydrogens is 288 g/mol. The highest BCUT2D eigenvalue weighted by Crippen LogP contribution is 2.41. The topological polar surface area (TPSA) is 65.2 Å². The van der Waals surface area contributed by atoms with Crippen molar-refractivity contribution in [1.82, 2.24) is 10.1 Å². The first-order valence-corrected chi connectivity index (χ1v) is 8.79. The van der Waals surface area contributed by atoms with Crippen LogP contribution in [0.5, 0.6) is 0 Å². The summed E-state index contributed by atoms with van der Waals surface area (Å²) in [5, 5.41) is 4.61. The van der Waals surface area contributed by atoms with E-state index in [9.17, 15) is 4.79 Å². The Labute approximate surface area is 130 Å². The van der Waals surface area contributed by atoms with Gasteiger partial charge in [-0.1, -0.05) is 31.8 Å². The Morgan fingerprint density at radius 2 is 2.14 bits per heavy atom. The van der Waals surface area contributed by atoms with Crippen molar-refractivity contribution in [2.45, 2.75) is 69.3 Å². The van der Waals surface area contributed by atoms with Crippen LogP contribution in [-0.2, 0) is 20.7 Å². The van der Waals surface area contributed by atoms with Crippen LogP contribution in [0, 0.1) is 0 Å². The SMILES string of the molecule is CCOC(=O)C1(c2nc(CSC(C)CC)no2)CCCC1. The summed E-state index contributed by atoms with van der Waals surface area (Å²) in [5.41, 5.74) is -0.706. The van der Waals surface area contributed by atoms with Crippen molar-refractivity contribution < 1.29 is 14.1 Å². The van der Waals surface area contributed by atoms with E-state index in [2.05, 4.69) is 24.0 Å². The Kier molecular flexibility index (Phi) is 5.67. The molecule has 1 aromatic rings. The van der Waals surface area contributed by atoms with Crippen LogP contribution < -0.4 is 0 Å². The van der Waals surface area contributed by atoms with Gasteiger partial charge in [0.2, 0.25) is 5.89 Å². The van der Waals surface area contributed by atoms with Gasteiger partial charge in [0.05, 0.1) is 12.4 Å². The van der Waals surface area contributed by atoms with Crippen LogP contribution in [0.2, 0.25) is 0 Å². The minimum atomic E-state index is -0.706. The first-order valence-electron chi connectivity index (χ1n) is 7.74. The molecule has 1 saturated carbocycles. The predicted molar refractivity (Wildman–Crippen MR) is 82.1 cm³/mol. The van der Waals surface area contributed by atoms with Gasteiger partial charge in [-0.25, -0.2) is 0 Å². The molecule has 0 bridgehead atoms. The monoisotopic (exact) mass is 312 g/mol. The van der Waals surface area contributed by atoms with Gasteiger partial charge in [-0.05, 0) is 26.2 Å². The lowest BCUT2D eigenvalue weighted by molar-refractivity contribution is -0.151. The Balaban J connectivity index is 2.11. The molecular formula is C15H24N2O3S. The first kappa shape index (κ1) is 16.3. The van der Waals surface area contributed by atoms with Gasteiger partial charge in [0, 0.05) is 5.25 Å². The van der Waals surface area contributed by atoms with Crippen molar-refractivity contribution in [1.29, 1.82) is 0 Å². The third-order valence-electron chi connectivity index (χ3n) is 4.07. The molecule has 1 aliphatic carbocycles. The van der Waals surface area contributed by atoms with Gasteiger partial charge in [-0.15, -0.1) is 0 Å². The number of aromatic nitrogens is 2. The Morgan fingerprint density at radius 1 is 1.43 bits per heavy atom. The van der Waals surface area contributed by atoms with E-state index in [0.717, 1.165) is 37.9 Å². The van der Waals surface area contributed by atoms with Crippen molar-refractivity contribution in [3.05, 3.63) is 11.7 Å². The quantitative estimate of drug-likeness (QED) is 0.718. The number of nitrogens with zero attached hydrogens (tertiary/aromatic N) is 2. The largest absolute Gasteiger partial charge is 0.465 e. The molecule has 1 heterocycles. The zero-order valence-corrected chi connectivity index (χ0v) is 13.9. The molecule has 118 valence electrons. The molecule has 0 amide bonds. The number of esters is 1. The van der Waals surface area contributed by atoms with Gasteiger partial charge in [0.15, 0.2) is 5.82 Å². The number of ether oxygens (including phenoxy) is 1. The van der Waals surface area contributed by atoms with Crippen molar-refractivity contribution in [3.8, 4) is 0 Å². The van der Waals surface area contributed by atoms with E-state index < -0.39 is 5.41 Å². The molecule has 0 aromatic carbocycles. The van der Waals surface area contributed by atoms with Crippen LogP contribution in [0.1, 0.15) is 64.6 Å². The van der Waals surface area contributed by atoms with Crippen LogP contribution in [0.25, 0.3) is 0 Å². The molecule has 0 aliphatic heterocycles. The molecule has 1 atom stereocenters. The fraction of sp³-hybridized carbons (Fsp3) is 0.800. The van der Waals surface area contributed by atoms with E-state index in [1.807, 2.05) is 6.92 Å². The third-order valence-corrected chi connectivity index (χ3v) is 5.40. The maximum absolute atomic E-state index is 12.3. The summed E-state index contributed by atoms with van der Waals surface area (Å²) in [5.74, 6) is 1.62. The number of thioether (sulfide) groups is 1. The molecule has 1 aliphatic rings. The van der Waals surface area contributed by atoms with E-state index in [-0.39, 0.29) is 5.97 Å². The van der Waals surface area contributed by atoms with E-state index in [0.29, 0.717) is 23.6 Å². The number of hydrogen-bond acceptors (Lipinski definition) is 6. The van der Waals surface area contributed by atoms with Crippen molar-refractivity contribution in [2.24, 2.45) is 0 Å². The van der Waals surface area contributed by atoms with Crippen molar-refractivity contribution in [3.63, 3.8) is 0 Å². The minimum absolute atomic E-state index is 0.215. The summed E-state index contributed by atoms with van der Waals surface area (Å²) in [6.07, 6.45) is 4.59. The lowest BCUT2D eigenvalue weighted by Gasteiger charge is -2.21. The molecule has 1 fully saturated rings. The van der Waals surface area contributed by atoms with E-state index in [1.54, 1.807) is 11.8 Å². The standard InChI is InChI=1S/C15H24N2O3S/c1-4-11(3)21-10-12-16-13(20-17-12)15(8-6-7-9-15)14(18)19-5-2/h11H,4-10H2,1-3H3. The second-order valence-electron chi connectivity index (χ2n) is 5.56. The van der Waals surface area contributed by atoms with Crippen molar-refractivity contribution >= 4 is 17.7 Å². The van der Waals surface area contributed by atoms with Gasteiger partial charge >= 0.3 is 5.97 Å². The van der Waals surface area contributed by atoms with Gasteiger partial charge in [-0.3, -0.25) is 4.79 Å². The van der Waals surface area contributed by atoms with Gasteiger partial charge in [0.25, 0.3) is 0 Å². The number of carbonyl (C=O) groups is 1. The van der Waals surface area contributed by atoms with E-state index in [4.69, 9.17) is 9.26 Å². The third kappa shape index (κ3) is 3.59. The van der Waals surface area contributed by atoms with Gasteiger partial charge in [0.1, 0.15) is 5.41 Å². The molecule has 0 saturated heterocycles. The fourth-order valence-corrected chi connectivity index (χ4v) is 3.38. The molecule has 0 radical (unpaired) electrons. The summed E-state index contributed by atoms with van der Waals surface area (Å²) >= 11 is 1.80. The predicted octanol–water partition coefficient (Wildman–Crippen LogP) is 3.48. The average Bonchev–Trinajstić information content (AvgIpc) is 3.14. The molecule has 2 rings (SSSR count). The van der Waals surface area contributed by atoms with Crippen molar-refractivity contribution in [2.75, 3.05) is 6.61 Å². The molecule has 21 heavy (non-hydrogen) atoms. The normalized spacial score (nSPS) is 18.6. The highest BCUT2D eigenvalue weighted by Gasteiger charge is 2.49. The van der Waals surface area contributed by atoms with E-state index in [1.165, 1.54) is 0 Å². The average molecular weight is 312 g/mol. The summed E-state index contributed by atoms with van der Waals surface area (Å²) in [6.45, 7) is 6.55. The summed E-state index contributed by atoms with van der Waals surface area (Å²) in [4.78, 5) is 16.8. The van der Waals surface area contributed by atoms with Crippen LogP contribution in [0.4, 0.5) is 0 Å². The number of hydrogen-bond donors (Lipinski definition) is 0.